The second-order valence-electron chi connectivity index (χ2n) is 3.16. The van der Waals surface area contributed by atoms with Crippen LogP contribution in [0.4, 0.5) is 5.95 Å². The normalized spacial score (nSPS) is 10.4. The maximum atomic E-state index is 5.55. The second-order valence-corrected chi connectivity index (χ2v) is 3.16. The van der Waals surface area contributed by atoms with Gasteiger partial charge in [-0.1, -0.05) is 0 Å². The van der Waals surface area contributed by atoms with E-state index in [-0.39, 0.29) is 0 Å². The van der Waals surface area contributed by atoms with Gasteiger partial charge in [-0.15, -0.1) is 0 Å². The van der Waals surface area contributed by atoms with Crippen molar-refractivity contribution in [3.8, 4) is 11.3 Å². The molecule has 0 aromatic carbocycles. The van der Waals surface area contributed by atoms with E-state index in [9.17, 15) is 0 Å². The molecular formula is C9H11N5. The number of anilines is 1. The maximum Gasteiger partial charge on any atom is 0.220 e. The van der Waals surface area contributed by atoms with Crippen LogP contribution in [0.15, 0.2) is 18.5 Å². The summed E-state index contributed by atoms with van der Waals surface area (Å²) in [6.07, 6.45) is 3.64. The van der Waals surface area contributed by atoms with Crippen molar-refractivity contribution in [2.24, 2.45) is 7.05 Å². The molecule has 5 heteroatoms. The molecule has 0 amide bonds. The summed E-state index contributed by atoms with van der Waals surface area (Å²) < 4.78 is 1.73. The van der Waals surface area contributed by atoms with E-state index in [4.69, 9.17) is 5.73 Å². The van der Waals surface area contributed by atoms with E-state index in [1.807, 2.05) is 26.2 Å². The van der Waals surface area contributed by atoms with Gasteiger partial charge in [0.2, 0.25) is 5.95 Å². The molecular weight excluding hydrogens is 178 g/mol. The Balaban J connectivity index is 2.51. The number of rotatable bonds is 1. The number of nitrogen functional groups attached to an aromatic ring is 1. The topological polar surface area (TPSA) is 69.6 Å². The summed E-state index contributed by atoms with van der Waals surface area (Å²) in [5.74, 6) is 0.295. The Kier molecular flexibility index (Phi) is 1.92. The Bertz CT molecular complexity index is 440. The lowest BCUT2D eigenvalue weighted by atomic mass is 10.2. The van der Waals surface area contributed by atoms with E-state index < -0.39 is 0 Å². The van der Waals surface area contributed by atoms with Gasteiger partial charge in [0.1, 0.15) is 0 Å². The summed E-state index contributed by atoms with van der Waals surface area (Å²) in [5.41, 5.74) is 8.17. The number of aryl methyl sites for hydroxylation is 2. The van der Waals surface area contributed by atoms with E-state index in [1.165, 1.54) is 0 Å². The molecule has 2 heterocycles. The molecule has 0 saturated carbocycles. The fraction of sp³-hybridized carbons (Fsp3) is 0.222. The van der Waals surface area contributed by atoms with Crippen LogP contribution in [0.5, 0.6) is 0 Å². The summed E-state index contributed by atoms with van der Waals surface area (Å²) in [5, 5.41) is 4.07. The van der Waals surface area contributed by atoms with Crippen LogP contribution < -0.4 is 5.73 Å². The van der Waals surface area contributed by atoms with Crippen molar-refractivity contribution in [3.05, 3.63) is 24.2 Å². The summed E-state index contributed by atoms with van der Waals surface area (Å²) in [6.45, 7) is 1.89. The smallest absolute Gasteiger partial charge is 0.220 e. The van der Waals surface area contributed by atoms with Gasteiger partial charge in [-0.05, 0) is 13.0 Å². The first-order valence-electron chi connectivity index (χ1n) is 4.25. The Morgan fingerprint density at radius 3 is 2.71 bits per heavy atom. The number of hydrogen-bond donors (Lipinski definition) is 1. The van der Waals surface area contributed by atoms with Gasteiger partial charge in [0, 0.05) is 24.5 Å². The minimum Gasteiger partial charge on any atom is -0.368 e. The average Bonchev–Trinajstić information content (AvgIpc) is 2.50. The van der Waals surface area contributed by atoms with Crippen LogP contribution >= 0.6 is 0 Å². The van der Waals surface area contributed by atoms with Gasteiger partial charge in [-0.2, -0.15) is 5.10 Å². The highest BCUT2D eigenvalue weighted by Crippen LogP contribution is 2.16. The molecule has 0 bridgehead atoms. The van der Waals surface area contributed by atoms with Crippen LogP contribution in [0.25, 0.3) is 11.3 Å². The van der Waals surface area contributed by atoms with Gasteiger partial charge in [0.15, 0.2) is 0 Å². The predicted octanol–water partition coefficient (Wildman–Crippen LogP) is 0.768. The lowest BCUT2D eigenvalue weighted by Gasteiger charge is -1.99. The molecule has 0 radical (unpaired) electrons. The molecule has 5 nitrogen and oxygen atoms in total. The van der Waals surface area contributed by atoms with Gasteiger partial charge >= 0.3 is 0 Å². The molecule has 0 fully saturated rings. The van der Waals surface area contributed by atoms with Crippen molar-refractivity contribution < 1.29 is 0 Å². The molecule has 0 atom stereocenters. The van der Waals surface area contributed by atoms with E-state index in [0.717, 1.165) is 17.0 Å². The second kappa shape index (κ2) is 3.10. The van der Waals surface area contributed by atoms with Crippen molar-refractivity contribution in [3.63, 3.8) is 0 Å². The number of nitrogens with two attached hydrogens (primary N) is 1. The van der Waals surface area contributed by atoms with Crippen molar-refractivity contribution in [1.82, 2.24) is 19.7 Å². The lowest BCUT2D eigenvalue weighted by Crippen LogP contribution is -1.97. The Labute approximate surface area is 81.6 Å². The minimum absolute atomic E-state index is 0.295. The van der Waals surface area contributed by atoms with Crippen molar-refractivity contribution >= 4 is 5.95 Å². The maximum absolute atomic E-state index is 5.55. The van der Waals surface area contributed by atoms with E-state index in [0.29, 0.717) is 5.95 Å². The molecule has 2 N–H and O–H groups in total. The molecule has 0 aliphatic rings. The van der Waals surface area contributed by atoms with Crippen LogP contribution in [-0.2, 0) is 7.05 Å². The third-order valence-electron chi connectivity index (χ3n) is 1.87. The molecule has 0 aliphatic carbocycles. The van der Waals surface area contributed by atoms with Crippen LogP contribution in [-0.4, -0.2) is 19.7 Å². The molecule has 2 aromatic rings. The summed E-state index contributed by atoms with van der Waals surface area (Å²) >= 11 is 0. The predicted molar refractivity (Wildman–Crippen MR) is 53.4 cm³/mol. The standard InChI is InChI=1S/C9H11N5/c1-6-3-8(13-9(10)12-6)7-4-11-14(2)5-7/h3-5H,1-2H3,(H2,10,12,13). The molecule has 0 saturated heterocycles. The first-order valence-corrected chi connectivity index (χ1v) is 4.25. The fourth-order valence-electron chi connectivity index (χ4n) is 1.29. The van der Waals surface area contributed by atoms with Crippen molar-refractivity contribution in [1.29, 1.82) is 0 Å². The Morgan fingerprint density at radius 2 is 2.14 bits per heavy atom. The Morgan fingerprint density at radius 1 is 1.36 bits per heavy atom. The van der Waals surface area contributed by atoms with Crippen LogP contribution in [0.3, 0.4) is 0 Å². The number of aromatic nitrogens is 4. The third kappa shape index (κ3) is 1.56. The number of nitrogens with zero attached hydrogens (tertiary/aromatic N) is 4. The first kappa shape index (κ1) is 8.68. The van der Waals surface area contributed by atoms with Gasteiger partial charge < -0.3 is 5.73 Å². The van der Waals surface area contributed by atoms with Crippen molar-refractivity contribution in [2.75, 3.05) is 5.73 Å². The molecule has 14 heavy (non-hydrogen) atoms. The molecule has 0 aliphatic heterocycles. The monoisotopic (exact) mass is 189 g/mol. The summed E-state index contributed by atoms with van der Waals surface area (Å²) in [7, 11) is 1.86. The highest BCUT2D eigenvalue weighted by Gasteiger charge is 2.03. The number of hydrogen-bond acceptors (Lipinski definition) is 4. The Hall–Kier alpha value is -1.91. The highest BCUT2D eigenvalue weighted by molar-refractivity contribution is 5.58. The van der Waals surface area contributed by atoms with E-state index >= 15 is 0 Å². The molecule has 0 unspecified atom stereocenters. The first-order chi connectivity index (χ1) is 6.65. The van der Waals surface area contributed by atoms with Crippen LogP contribution in [0.2, 0.25) is 0 Å². The van der Waals surface area contributed by atoms with E-state index in [2.05, 4.69) is 15.1 Å². The highest BCUT2D eigenvalue weighted by atomic mass is 15.2. The minimum atomic E-state index is 0.295. The molecule has 72 valence electrons. The fourth-order valence-corrected chi connectivity index (χ4v) is 1.29. The van der Waals surface area contributed by atoms with Crippen LogP contribution in [0.1, 0.15) is 5.69 Å². The zero-order valence-corrected chi connectivity index (χ0v) is 8.10. The average molecular weight is 189 g/mol. The molecule has 0 spiro atoms. The van der Waals surface area contributed by atoms with Crippen LogP contribution in [0, 0.1) is 6.92 Å². The zero-order valence-electron chi connectivity index (χ0n) is 8.10. The largest absolute Gasteiger partial charge is 0.368 e. The van der Waals surface area contributed by atoms with Gasteiger partial charge in [-0.25, -0.2) is 9.97 Å². The van der Waals surface area contributed by atoms with Crippen molar-refractivity contribution in [2.45, 2.75) is 6.92 Å². The SMILES string of the molecule is Cc1cc(-c2cnn(C)c2)nc(N)n1. The summed E-state index contributed by atoms with van der Waals surface area (Å²) in [6, 6.07) is 1.88. The van der Waals surface area contributed by atoms with E-state index in [1.54, 1.807) is 10.9 Å². The third-order valence-corrected chi connectivity index (χ3v) is 1.87. The van der Waals surface area contributed by atoms with Gasteiger partial charge in [0.25, 0.3) is 0 Å². The van der Waals surface area contributed by atoms with Gasteiger partial charge in [-0.3, -0.25) is 4.68 Å². The van der Waals surface area contributed by atoms with Gasteiger partial charge in [0.05, 0.1) is 11.9 Å². The quantitative estimate of drug-likeness (QED) is 0.719. The lowest BCUT2D eigenvalue weighted by molar-refractivity contribution is 0.768. The molecule has 2 rings (SSSR count). The summed E-state index contributed by atoms with van der Waals surface area (Å²) in [4.78, 5) is 8.14. The molecule has 2 aromatic heterocycles. The zero-order chi connectivity index (χ0) is 10.1.